The molecule has 0 atom stereocenters. The summed E-state index contributed by atoms with van der Waals surface area (Å²) in [7, 11) is 0. The third-order valence-electron chi connectivity index (χ3n) is 6.26. The lowest BCUT2D eigenvalue weighted by Crippen LogP contribution is -2.35. The molecule has 0 saturated carbocycles. The largest absolute Gasteiger partial charge is 0.473 e. The molecule has 3 N–H and O–H groups in total. The fourth-order valence-corrected chi connectivity index (χ4v) is 4.36. The van der Waals surface area contributed by atoms with E-state index in [0.29, 0.717) is 6.04 Å². The number of benzene rings is 1. The molecule has 3 aromatic rings. The number of ether oxygens (including phenoxy) is 1. The minimum Gasteiger partial charge on any atom is -0.473 e. The van der Waals surface area contributed by atoms with E-state index in [-0.39, 0.29) is 0 Å². The zero-order valence-corrected chi connectivity index (χ0v) is 22.0. The van der Waals surface area contributed by atoms with Gasteiger partial charge in [-0.05, 0) is 50.5 Å². The minimum absolute atomic E-state index is 0.332. The average Bonchev–Trinajstić information content (AvgIpc) is 3.45. The van der Waals surface area contributed by atoms with Crippen LogP contribution >= 0.6 is 0 Å². The van der Waals surface area contributed by atoms with E-state index in [1.165, 1.54) is 28.1 Å². The third-order valence-corrected chi connectivity index (χ3v) is 6.26. The Bertz CT molecular complexity index is 1160. The van der Waals surface area contributed by atoms with Crippen LogP contribution in [0.2, 0.25) is 0 Å². The smallest absolute Gasteiger partial charge is 0.414 e. The highest BCUT2D eigenvalue weighted by Gasteiger charge is 2.15. The Morgan fingerprint density at radius 1 is 1.00 bits per heavy atom. The number of carboxylic acids is 2. The van der Waals surface area contributed by atoms with Crippen LogP contribution in [0.25, 0.3) is 5.82 Å². The molecular weight excluding hydrogens is 474 g/mol. The summed E-state index contributed by atoms with van der Waals surface area (Å²) in [6, 6.07) is 13.7. The van der Waals surface area contributed by atoms with Crippen LogP contribution in [-0.4, -0.2) is 67.7 Å². The third kappa shape index (κ3) is 7.75. The summed E-state index contributed by atoms with van der Waals surface area (Å²) in [5.74, 6) is -2.52. The number of aryl methyl sites for hydroxylation is 1. The first-order valence-electron chi connectivity index (χ1n) is 12.4. The molecule has 0 radical (unpaired) electrons. The second-order valence-electron chi connectivity index (χ2n) is 9.38. The van der Waals surface area contributed by atoms with Crippen molar-refractivity contribution in [2.24, 2.45) is 0 Å². The normalized spacial score (nSPS) is 13.9. The van der Waals surface area contributed by atoms with Crippen molar-refractivity contribution in [2.45, 2.75) is 53.4 Å². The second kappa shape index (κ2) is 13.2. The molecule has 10 heteroatoms. The van der Waals surface area contributed by atoms with Crippen molar-refractivity contribution in [2.75, 3.05) is 26.3 Å². The van der Waals surface area contributed by atoms with Crippen molar-refractivity contribution in [1.82, 2.24) is 24.6 Å². The SMILES string of the molecule is Cc1cc(CNCc2ccc(CN3CCOCC3)cc2)c(C)n1-c1ccnn1C(C)C.O=C(O)C(=O)O. The van der Waals surface area contributed by atoms with Gasteiger partial charge in [0.1, 0.15) is 5.82 Å². The highest BCUT2D eigenvalue weighted by molar-refractivity contribution is 6.27. The van der Waals surface area contributed by atoms with Crippen LogP contribution in [0.5, 0.6) is 0 Å². The van der Waals surface area contributed by atoms with E-state index in [2.05, 4.69) is 88.7 Å². The molecule has 0 unspecified atom stereocenters. The number of aromatic nitrogens is 3. The van der Waals surface area contributed by atoms with Gasteiger partial charge in [0.15, 0.2) is 0 Å². The van der Waals surface area contributed by atoms with Crippen LogP contribution in [-0.2, 0) is 34.0 Å². The van der Waals surface area contributed by atoms with Gasteiger partial charge in [0.05, 0.1) is 19.4 Å². The summed E-state index contributed by atoms with van der Waals surface area (Å²) < 4.78 is 9.82. The summed E-state index contributed by atoms with van der Waals surface area (Å²) in [5.41, 5.74) is 6.53. The molecule has 1 aromatic carbocycles. The highest BCUT2D eigenvalue weighted by atomic mass is 16.5. The number of nitrogens with one attached hydrogen (secondary N) is 1. The Morgan fingerprint density at radius 3 is 2.22 bits per heavy atom. The van der Waals surface area contributed by atoms with Crippen molar-refractivity contribution in [3.8, 4) is 5.82 Å². The van der Waals surface area contributed by atoms with Crippen LogP contribution in [0.15, 0.2) is 42.6 Å². The van der Waals surface area contributed by atoms with E-state index in [9.17, 15) is 0 Å². The Morgan fingerprint density at radius 2 is 1.62 bits per heavy atom. The Labute approximate surface area is 217 Å². The maximum absolute atomic E-state index is 9.10. The molecule has 37 heavy (non-hydrogen) atoms. The molecule has 0 amide bonds. The first-order valence-corrected chi connectivity index (χ1v) is 12.4. The second-order valence-corrected chi connectivity index (χ2v) is 9.38. The fraction of sp³-hybridized carbons (Fsp3) is 0.444. The summed E-state index contributed by atoms with van der Waals surface area (Å²) in [4.78, 5) is 20.7. The number of hydrogen-bond acceptors (Lipinski definition) is 6. The Balaban J connectivity index is 0.000000568. The molecule has 1 fully saturated rings. The van der Waals surface area contributed by atoms with Crippen molar-refractivity contribution < 1.29 is 24.5 Å². The van der Waals surface area contributed by atoms with Gasteiger partial charge in [0.25, 0.3) is 0 Å². The summed E-state index contributed by atoms with van der Waals surface area (Å²) >= 11 is 0. The number of nitrogens with zero attached hydrogens (tertiary/aromatic N) is 4. The first kappa shape index (κ1) is 28.1. The summed E-state index contributed by atoms with van der Waals surface area (Å²) in [6.07, 6.45) is 1.88. The van der Waals surface area contributed by atoms with Gasteiger partial charge in [0.2, 0.25) is 0 Å². The first-order chi connectivity index (χ1) is 17.7. The van der Waals surface area contributed by atoms with Gasteiger partial charge < -0.3 is 24.8 Å². The van der Waals surface area contributed by atoms with E-state index >= 15 is 0 Å². The van der Waals surface area contributed by atoms with Crippen molar-refractivity contribution in [1.29, 1.82) is 0 Å². The summed E-state index contributed by atoms with van der Waals surface area (Å²) in [5, 5.41) is 22.9. The average molecular weight is 512 g/mol. The monoisotopic (exact) mass is 511 g/mol. The number of hydrogen-bond donors (Lipinski definition) is 3. The summed E-state index contributed by atoms with van der Waals surface area (Å²) in [6.45, 7) is 15.2. The number of carbonyl (C=O) groups is 2. The van der Waals surface area contributed by atoms with Crippen LogP contribution in [0.3, 0.4) is 0 Å². The van der Waals surface area contributed by atoms with Crippen molar-refractivity contribution in [3.05, 3.63) is 70.7 Å². The van der Waals surface area contributed by atoms with Gasteiger partial charge in [0, 0.05) is 56.2 Å². The molecule has 10 nitrogen and oxygen atoms in total. The van der Waals surface area contributed by atoms with Gasteiger partial charge >= 0.3 is 11.9 Å². The van der Waals surface area contributed by atoms with E-state index < -0.39 is 11.9 Å². The molecule has 0 bridgehead atoms. The molecule has 0 spiro atoms. The van der Waals surface area contributed by atoms with Crippen LogP contribution in [0.4, 0.5) is 0 Å². The number of morpholine rings is 1. The Hall–Kier alpha value is -3.47. The number of carboxylic acid groups (broad SMARTS) is 2. The number of rotatable bonds is 8. The molecule has 2 aromatic heterocycles. The van der Waals surface area contributed by atoms with Gasteiger partial charge in [-0.1, -0.05) is 24.3 Å². The van der Waals surface area contributed by atoms with Crippen LogP contribution in [0.1, 0.15) is 48.0 Å². The molecule has 3 heterocycles. The van der Waals surface area contributed by atoms with Crippen molar-refractivity contribution in [3.63, 3.8) is 0 Å². The molecule has 0 aliphatic carbocycles. The predicted molar refractivity (Wildman–Crippen MR) is 140 cm³/mol. The van der Waals surface area contributed by atoms with E-state index in [1.807, 2.05) is 6.20 Å². The van der Waals surface area contributed by atoms with E-state index in [4.69, 9.17) is 24.5 Å². The lowest BCUT2D eigenvalue weighted by atomic mass is 10.1. The van der Waals surface area contributed by atoms with Crippen molar-refractivity contribution >= 4 is 11.9 Å². The zero-order valence-electron chi connectivity index (χ0n) is 22.0. The number of aliphatic carboxylic acids is 2. The standard InChI is InChI=1S/C25H35N5O.C2H2O4/c1-19(2)30-25(9-10-27-30)29-20(3)15-24(21(29)4)17-26-16-22-5-7-23(8-6-22)18-28-11-13-31-14-12-28;3-1(4)2(5)6/h5-10,15,19,26H,11-14,16-18H2,1-4H3;(H,3,4)(H,5,6). The maximum atomic E-state index is 9.10. The molecular formula is C27H37N5O5. The van der Waals surface area contributed by atoms with Gasteiger partial charge in [-0.2, -0.15) is 5.10 Å². The topological polar surface area (TPSA) is 122 Å². The zero-order chi connectivity index (χ0) is 26.9. The molecule has 1 aliphatic heterocycles. The molecule has 1 saturated heterocycles. The Kier molecular flexibility index (Phi) is 10.0. The molecule has 4 rings (SSSR count). The fourth-order valence-electron chi connectivity index (χ4n) is 4.36. The van der Waals surface area contributed by atoms with E-state index in [0.717, 1.165) is 51.8 Å². The molecule has 200 valence electrons. The van der Waals surface area contributed by atoms with Gasteiger partial charge in [-0.3, -0.25) is 4.90 Å². The lowest BCUT2D eigenvalue weighted by Gasteiger charge is -2.26. The predicted octanol–water partition coefficient (Wildman–Crippen LogP) is 3.15. The van der Waals surface area contributed by atoms with Gasteiger partial charge in [-0.25, -0.2) is 14.3 Å². The quantitative estimate of drug-likeness (QED) is 0.395. The van der Waals surface area contributed by atoms with Crippen LogP contribution < -0.4 is 5.32 Å². The minimum atomic E-state index is -1.82. The lowest BCUT2D eigenvalue weighted by molar-refractivity contribution is -0.159. The maximum Gasteiger partial charge on any atom is 0.414 e. The highest BCUT2D eigenvalue weighted by Crippen LogP contribution is 2.22. The molecule has 1 aliphatic rings. The van der Waals surface area contributed by atoms with E-state index in [1.54, 1.807) is 0 Å². The van der Waals surface area contributed by atoms with Gasteiger partial charge in [-0.15, -0.1) is 0 Å². The van der Waals surface area contributed by atoms with Crippen LogP contribution in [0, 0.1) is 13.8 Å².